The fourth-order valence-electron chi connectivity index (χ4n) is 3.41. The maximum absolute atomic E-state index is 12.5. The van der Waals surface area contributed by atoms with Gasteiger partial charge in [0.05, 0.1) is 13.0 Å². The Kier molecular flexibility index (Phi) is 14.4. The lowest BCUT2D eigenvalue weighted by Crippen LogP contribution is -2.39. The minimum atomic E-state index is -0.848. The van der Waals surface area contributed by atoms with Gasteiger partial charge in [0, 0.05) is 17.6 Å². The molecule has 0 aliphatic carbocycles. The molecule has 2 rings (SSSR count). The minimum absolute atomic E-state index is 0.0257. The van der Waals surface area contributed by atoms with Gasteiger partial charge in [-0.1, -0.05) is 56.5 Å². The van der Waals surface area contributed by atoms with E-state index in [1.54, 1.807) is 19.1 Å². The van der Waals surface area contributed by atoms with Gasteiger partial charge < -0.3 is 20.7 Å². The molecule has 208 valence electrons. The number of hydrogen-bond acceptors (Lipinski definition) is 9. The van der Waals surface area contributed by atoms with Gasteiger partial charge in [-0.3, -0.25) is 24.0 Å². The third-order valence-electron chi connectivity index (χ3n) is 5.45. The molecule has 2 bridgehead atoms. The highest BCUT2D eigenvalue weighted by atomic mass is 32.2. The largest absolute Gasteiger partial charge is 0.456 e. The van der Waals surface area contributed by atoms with E-state index in [2.05, 4.69) is 27.9 Å². The number of nitrogens with zero attached hydrogens (tertiary/aromatic N) is 1. The van der Waals surface area contributed by atoms with Crippen molar-refractivity contribution in [1.82, 2.24) is 20.9 Å². The lowest BCUT2D eigenvalue weighted by atomic mass is 10.1. The van der Waals surface area contributed by atoms with Crippen molar-refractivity contribution in [2.45, 2.75) is 77.9 Å². The fourth-order valence-corrected chi connectivity index (χ4v) is 4.90. The molecule has 0 spiro atoms. The maximum atomic E-state index is 12.5. The second-order valence-corrected chi connectivity index (χ2v) is 10.7. The van der Waals surface area contributed by atoms with Crippen LogP contribution in [0.1, 0.15) is 80.7 Å². The van der Waals surface area contributed by atoms with Crippen LogP contribution in [-0.2, 0) is 30.5 Å². The first-order valence-corrected chi connectivity index (χ1v) is 14.7. The molecule has 3 amide bonds. The van der Waals surface area contributed by atoms with Crippen molar-refractivity contribution < 1.29 is 28.7 Å². The molecule has 2 heterocycles. The smallest absolute Gasteiger partial charge is 0.326 e. The molecule has 0 radical (unpaired) electrons. The number of allylic oxidation sites excluding steroid dienone is 2. The molecule has 1 aliphatic heterocycles. The van der Waals surface area contributed by atoms with Crippen molar-refractivity contribution in [3.8, 4) is 0 Å². The van der Waals surface area contributed by atoms with E-state index in [1.807, 2.05) is 0 Å². The van der Waals surface area contributed by atoms with Crippen LogP contribution in [0.5, 0.6) is 0 Å². The number of amides is 3. The van der Waals surface area contributed by atoms with E-state index in [-0.39, 0.29) is 35.4 Å². The molecule has 1 atom stereocenters. The van der Waals surface area contributed by atoms with E-state index < -0.39 is 30.4 Å². The summed E-state index contributed by atoms with van der Waals surface area (Å²) in [5.74, 6) is -1.73. The van der Waals surface area contributed by atoms with Crippen LogP contribution in [0.15, 0.2) is 29.3 Å². The number of hydrogen-bond donors (Lipinski definition) is 3. The standard InChI is InChI=1S/C26H36N4O6S2/c1-3-5-6-7-8-12-24(33)37-13-10-9-11-18-14-21(31)27-15-22-29-20(17-38-22)26(35)30-19(4-2)25(34)28-16-23(32)36-18/h4,9,11,17-18H,3,5-8,10,12-16H2,1-2H3,(H,27,31)(H,28,34)(H,30,35)/t18-/m1/s1. The van der Waals surface area contributed by atoms with E-state index in [9.17, 15) is 24.0 Å². The first-order chi connectivity index (χ1) is 18.3. The zero-order chi connectivity index (χ0) is 27.8. The molecule has 1 aromatic rings. The first kappa shape index (κ1) is 31.2. The number of thioether (sulfide) groups is 1. The number of nitrogens with one attached hydrogen (secondary N) is 3. The van der Waals surface area contributed by atoms with Crippen molar-refractivity contribution in [2.75, 3.05) is 12.3 Å². The van der Waals surface area contributed by atoms with E-state index in [0.29, 0.717) is 23.6 Å². The van der Waals surface area contributed by atoms with Crippen molar-refractivity contribution in [1.29, 1.82) is 0 Å². The fraction of sp³-hybridized carbons (Fsp3) is 0.538. The predicted molar refractivity (Wildman–Crippen MR) is 147 cm³/mol. The number of esters is 1. The number of ether oxygens (including phenoxy) is 1. The van der Waals surface area contributed by atoms with Crippen molar-refractivity contribution in [3.05, 3.63) is 40.0 Å². The number of carbonyl (C=O) groups excluding carboxylic acids is 5. The zero-order valence-electron chi connectivity index (χ0n) is 21.9. The molecular formula is C26H36N4O6S2. The SMILES string of the molecule is CC=C1NC(=O)c2csc(n2)CNC(=O)C[C@@H](C=CCCSC(=O)CCCCCCC)OC(=O)CNC1=O. The van der Waals surface area contributed by atoms with Gasteiger partial charge in [-0.2, -0.15) is 0 Å². The average molecular weight is 565 g/mol. The number of rotatable bonds is 10. The summed E-state index contributed by atoms with van der Waals surface area (Å²) in [5.41, 5.74) is 0.0914. The number of aromatic nitrogens is 1. The van der Waals surface area contributed by atoms with Crippen LogP contribution in [0.4, 0.5) is 0 Å². The highest BCUT2D eigenvalue weighted by Crippen LogP contribution is 2.14. The molecule has 12 heteroatoms. The van der Waals surface area contributed by atoms with Gasteiger partial charge in [0.2, 0.25) is 5.91 Å². The van der Waals surface area contributed by atoms with Crippen LogP contribution in [0.3, 0.4) is 0 Å². The maximum Gasteiger partial charge on any atom is 0.326 e. The van der Waals surface area contributed by atoms with Crippen molar-refractivity contribution in [2.24, 2.45) is 0 Å². The molecule has 38 heavy (non-hydrogen) atoms. The van der Waals surface area contributed by atoms with E-state index in [1.165, 1.54) is 47.4 Å². The van der Waals surface area contributed by atoms with Crippen LogP contribution in [-0.4, -0.2) is 52.2 Å². The summed E-state index contributed by atoms with van der Waals surface area (Å²) >= 11 is 2.48. The number of fused-ring (bicyclic) bond motifs is 2. The third-order valence-corrected chi connectivity index (χ3v) is 7.26. The van der Waals surface area contributed by atoms with Crippen LogP contribution in [0.25, 0.3) is 0 Å². The average Bonchev–Trinajstić information content (AvgIpc) is 3.37. The van der Waals surface area contributed by atoms with E-state index in [0.717, 1.165) is 19.3 Å². The second-order valence-electron chi connectivity index (χ2n) is 8.58. The molecule has 1 aromatic heterocycles. The van der Waals surface area contributed by atoms with Gasteiger partial charge in [0.1, 0.15) is 29.0 Å². The number of carbonyl (C=O) groups is 5. The lowest BCUT2D eigenvalue weighted by molar-refractivity contribution is -0.147. The molecule has 0 saturated carbocycles. The summed E-state index contributed by atoms with van der Waals surface area (Å²) < 4.78 is 5.41. The Morgan fingerprint density at radius 2 is 1.92 bits per heavy atom. The monoisotopic (exact) mass is 564 g/mol. The minimum Gasteiger partial charge on any atom is -0.456 e. The summed E-state index contributed by atoms with van der Waals surface area (Å²) in [6, 6.07) is 0. The van der Waals surface area contributed by atoms with Crippen molar-refractivity contribution in [3.63, 3.8) is 0 Å². The Bertz CT molecular complexity index is 1040. The predicted octanol–water partition coefficient (Wildman–Crippen LogP) is 3.39. The summed E-state index contributed by atoms with van der Waals surface area (Å²) in [6.45, 7) is 3.40. The Morgan fingerprint density at radius 3 is 2.68 bits per heavy atom. The van der Waals surface area contributed by atoms with Gasteiger partial charge >= 0.3 is 5.97 Å². The second kappa shape index (κ2) is 17.5. The quantitative estimate of drug-likeness (QED) is 0.170. The Morgan fingerprint density at radius 1 is 1.13 bits per heavy atom. The molecule has 0 aromatic carbocycles. The van der Waals surface area contributed by atoms with E-state index in [4.69, 9.17) is 4.74 Å². The van der Waals surface area contributed by atoms with Crippen molar-refractivity contribution >= 4 is 51.9 Å². The Balaban J connectivity index is 1.94. The molecule has 0 unspecified atom stereocenters. The van der Waals surface area contributed by atoms with Gasteiger partial charge in [-0.05, 0) is 25.8 Å². The van der Waals surface area contributed by atoms with Crippen LogP contribution < -0.4 is 16.0 Å². The van der Waals surface area contributed by atoms with Crippen LogP contribution in [0.2, 0.25) is 0 Å². The van der Waals surface area contributed by atoms with Crippen LogP contribution in [0, 0.1) is 0 Å². The Labute approximate surface area is 231 Å². The first-order valence-electron chi connectivity index (χ1n) is 12.8. The summed E-state index contributed by atoms with van der Waals surface area (Å²) in [6.07, 6.45) is 10.5. The number of unbranched alkanes of at least 4 members (excludes halogenated alkanes) is 4. The van der Waals surface area contributed by atoms with Crippen LogP contribution >= 0.6 is 23.1 Å². The third kappa shape index (κ3) is 12.0. The summed E-state index contributed by atoms with van der Waals surface area (Å²) in [4.78, 5) is 65.9. The molecular weight excluding hydrogens is 528 g/mol. The summed E-state index contributed by atoms with van der Waals surface area (Å²) in [7, 11) is 0. The highest BCUT2D eigenvalue weighted by Gasteiger charge is 2.20. The highest BCUT2D eigenvalue weighted by molar-refractivity contribution is 8.13. The molecule has 0 saturated heterocycles. The summed E-state index contributed by atoms with van der Waals surface area (Å²) in [5, 5.41) is 9.81. The Hall–Kier alpha value is -2.99. The van der Waals surface area contributed by atoms with Gasteiger partial charge in [0.25, 0.3) is 11.8 Å². The normalized spacial score (nSPS) is 18.7. The molecule has 0 fully saturated rings. The van der Waals surface area contributed by atoms with Gasteiger partial charge in [-0.15, -0.1) is 11.3 Å². The van der Waals surface area contributed by atoms with E-state index >= 15 is 0 Å². The molecule has 10 nitrogen and oxygen atoms in total. The van der Waals surface area contributed by atoms with Gasteiger partial charge in [0.15, 0.2) is 5.12 Å². The zero-order valence-corrected chi connectivity index (χ0v) is 23.5. The molecule has 1 aliphatic rings. The topological polar surface area (TPSA) is 144 Å². The molecule has 3 N–H and O–H groups in total. The van der Waals surface area contributed by atoms with Gasteiger partial charge in [-0.25, -0.2) is 4.98 Å². The number of thiazole rings is 1. The number of cyclic esters (lactones) is 1. The lowest BCUT2D eigenvalue weighted by Gasteiger charge is -2.15.